The Bertz CT molecular complexity index is 859. The molecular weight excluding hydrogens is 369 g/mol. The van der Waals surface area contributed by atoms with Gasteiger partial charge in [-0.15, -0.1) is 0 Å². The van der Waals surface area contributed by atoms with Gasteiger partial charge in [0.2, 0.25) is 0 Å². The monoisotopic (exact) mass is 387 g/mol. The normalized spacial score (nSPS) is 12.1. The highest BCUT2D eigenvalue weighted by Crippen LogP contribution is 2.33. The quantitative estimate of drug-likeness (QED) is 0.793. The van der Waals surface area contributed by atoms with Gasteiger partial charge in [0.25, 0.3) is 10.0 Å². The van der Waals surface area contributed by atoms with Crippen LogP contribution in [0.1, 0.15) is 26.3 Å². The second-order valence-corrected chi connectivity index (χ2v) is 8.84. The number of anilines is 1. The molecule has 0 aliphatic heterocycles. The molecule has 0 atom stereocenters. The van der Waals surface area contributed by atoms with Gasteiger partial charge in [0.15, 0.2) is 0 Å². The third-order valence-corrected chi connectivity index (χ3v) is 5.43. The maximum absolute atomic E-state index is 12.7. The number of ether oxygens (including phenoxy) is 1. The van der Waals surface area contributed by atoms with Crippen molar-refractivity contribution in [1.82, 2.24) is 0 Å². The zero-order valence-electron chi connectivity index (χ0n) is 13.9. The van der Waals surface area contributed by atoms with Gasteiger partial charge >= 0.3 is 0 Å². The molecule has 0 aromatic heterocycles. The highest BCUT2D eigenvalue weighted by atomic mass is 35.5. The van der Waals surface area contributed by atoms with Crippen molar-refractivity contribution in [3.8, 4) is 5.75 Å². The van der Waals surface area contributed by atoms with Gasteiger partial charge in [-0.2, -0.15) is 0 Å². The number of nitrogens with one attached hydrogen (secondary N) is 1. The lowest BCUT2D eigenvalue weighted by molar-refractivity contribution is 0.403. The van der Waals surface area contributed by atoms with Crippen molar-refractivity contribution >= 4 is 38.9 Å². The number of benzene rings is 2. The third kappa shape index (κ3) is 4.15. The molecule has 0 saturated carbocycles. The number of hydrogen-bond acceptors (Lipinski definition) is 3. The van der Waals surface area contributed by atoms with E-state index in [1.54, 1.807) is 18.2 Å². The van der Waals surface area contributed by atoms with Gasteiger partial charge in [0, 0.05) is 5.02 Å². The van der Waals surface area contributed by atoms with Crippen molar-refractivity contribution in [1.29, 1.82) is 0 Å². The highest BCUT2D eigenvalue weighted by molar-refractivity contribution is 7.92. The van der Waals surface area contributed by atoms with E-state index in [-0.39, 0.29) is 16.1 Å². The molecule has 0 radical (unpaired) electrons. The average Bonchev–Trinajstić information content (AvgIpc) is 2.48. The first-order valence-electron chi connectivity index (χ1n) is 7.21. The van der Waals surface area contributed by atoms with Crippen LogP contribution in [0.4, 0.5) is 5.69 Å². The van der Waals surface area contributed by atoms with Crippen LogP contribution in [0, 0.1) is 0 Å². The molecule has 0 aliphatic carbocycles. The molecule has 2 aromatic carbocycles. The van der Waals surface area contributed by atoms with E-state index in [0.717, 1.165) is 5.56 Å². The van der Waals surface area contributed by atoms with Crippen molar-refractivity contribution in [3.05, 3.63) is 52.0 Å². The summed E-state index contributed by atoms with van der Waals surface area (Å²) in [6.45, 7) is 6.16. The minimum absolute atomic E-state index is 0.0477. The molecule has 2 aromatic rings. The number of sulfonamides is 1. The molecule has 24 heavy (non-hydrogen) atoms. The van der Waals surface area contributed by atoms with Gasteiger partial charge in [-0.3, -0.25) is 4.72 Å². The Kier molecular flexibility index (Phi) is 5.37. The van der Waals surface area contributed by atoms with Crippen LogP contribution in [0.15, 0.2) is 41.3 Å². The fraction of sp³-hybridized carbons (Fsp3) is 0.294. The molecule has 0 aliphatic rings. The minimum Gasteiger partial charge on any atom is -0.495 e. The minimum atomic E-state index is -3.89. The summed E-state index contributed by atoms with van der Waals surface area (Å²) in [6, 6.07) is 9.65. The molecule has 1 N–H and O–H groups in total. The molecule has 2 rings (SSSR count). The Morgan fingerprint density at radius 3 is 2.25 bits per heavy atom. The first kappa shape index (κ1) is 18.9. The second kappa shape index (κ2) is 6.82. The van der Waals surface area contributed by atoms with Gasteiger partial charge < -0.3 is 4.74 Å². The van der Waals surface area contributed by atoms with Gasteiger partial charge in [-0.25, -0.2) is 8.42 Å². The summed E-state index contributed by atoms with van der Waals surface area (Å²) in [5.74, 6) is 0.203. The smallest absolute Gasteiger partial charge is 0.265 e. The lowest BCUT2D eigenvalue weighted by Gasteiger charge is -2.20. The Morgan fingerprint density at radius 1 is 1.04 bits per heavy atom. The van der Waals surface area contributed by atoms with E-state index in [2.05, 4.69) is 25.5 Å². The molecule has 0 heterocycles. The summed E-state index contributed by atoms with van der Waals surface area (Å²) < 4.78 is 32.9. The highest BCUT2D eigenvalue weighted by Gasteiger charge is 2.22. The largest absolute Gasteiger partial charge is 0.495 e. The Morgan fingerprint density at radius 2 is 1.71 bits per heavy atom. The standard InChI is InChI=1S/C17H19Cl2NO3S/c1-17(2,3)11-5-7-14(13(19)9-11)20-24(21,22)16-10-12(18)6-8-15(16)23-4/h5-10,20H,1-4H3. The average molecular weight is 388 g/mol. The first-order chi connectivity index (χ1) is 11.0. The van der Waals surface area contributed by atoms with Crippen LogP contribution in [-0.4, -0.2) is 15.5 Å². The van der Waals surface area contributed by atoms with E-state index in [4.69, 9.17) is 27.9 Å². The summed E-state index contributed by atoms with van der Waals surface area (Å²) in [6.07, 6.45) is 0. The topological polar surface area (TPSA) is 55.4 Å². The second-order valence-electron chi connectivity index (χ2n) is 6.35. The summed E-state index contributed by atoms with van der Waals surface area (Å²) in [5, 5.41) is 0.623. The maximum Gasteiger partial charge on any atom is 0.265 e. The predicted octanol–water partition coefficient (Wildman–Crippen LogP) is 5.10. The van der Waals surface area contributed by atoms with Crippen LogP contribution in [0.25, 0.3) is 0 Å². The number of hydrogen-bond donors (Lipinski definition) is 1. The Balaban J connectivity index is 2.42. The molecule has 7 heteroatoms. The first-order valence-corrected chi connectivity index (χ1v) is 9.45. The van der Waals surface area contributed by atoms with Crippen LogP contribution >= 0.6 is 23.2 Å². The van der Waals surface area contributed by atoms with Crippen molar-refractivity contribution in [2.24, 2.45) is 0 Å². The van der Waals surface area contributed by atoms with Crippen LogP contribution in [0.2, 0.25) is 10.0 Å². The van der Waals surface area contributed by atoms with E-state index in [1.807, 2.05) is 6.07 Å². The van der Waals surface area contributed by atoms with Crippen LogP contribution in [0.3, 0.4) is 0 Å². The van der Waals surface area contributed by atoms with Crippen LogP contribution in [0.5, 0.6) is 5.75 Å². The lowest BCUT2D eigenvalue weighted by Crippen LogP contribution is -2.15. The summed E-state index contributed by atoms with van der Waals surface area (Å²) in [5.41, 5.74) is 1.22. The van der Waals surface area contributed by atoms with Crippen LogP contribution in [-0.2, 0) is 15.4 Å². The van der Waals surface area contributed by atoms with Gasteiger partial charge in [0.05, 0.1) is 17.8 Å². The van der Waals surface area contributed by atoms with Crippen molar-refractivity contribution < 1.29 is 13.2 Å². The summed E-state index contributed by atoms with van der Waals surface area (Å²) in [7, 11) is -2.50. The van der Waals surface area contributed by atoms with Crippen molar-refractivity contribution in [3.63, 3.8) is 0 Å². The van der Waals surface area contributed by atoms with Crippen molar-refractivity contribution in [2.75, 3.05) is 11.8 Å². The lowest BCUT2D eigenvalue weighted by atomic mass is 9.87. The molecular formula is C17H19Cl2NO3S. The molecule has 0 spiro atoms. The van der Waals surface area contributed by atoms with E-state index < -0.39 is 10.0 Å². The predicted molar refractivity (Wildman–Crippen MR) is 99.0 cm³/mol. The van der Waals surface area contributed by atoms with E-state index in [0.29, 0.717) is 15.7 Å². The van der Waals surface area contributed by atoms with Gasteiger partial charge in [-0.1, -0.05) is 50.0 Å². The summed E-state index contributed by atoms with van der Waals surface area (Å²) in [4.78, 5) is -0.0477. The molecule has 0 bridgehead atoms. The molecule has 0 amide bonds. The summed E-state index contributed by atoms with van der Waals surface area (Å²) >= 11 is 12.2. The van der Waals surface area contributed by atoms with E-state index >= 15 is 0 Å². The zero-order valence-corrected chi connectivity index (χ0v) is 16.2. The molecule has 0 fully saturated rings. The Hall–Kier alpha value is -1.43. The van der Waals surface area contributed by atoms with Gasteiger partial charge in [0.1, 0.15) is 10.6 Å². The van der Waals surface area contributed by atoms with Crippen molar-refractivity contribution in [2.45, 2.75) is 31.1 Å². The zero-order chi connectivity index (χ0) is 18.1. The molecule has 0 unspecified atom stereocenters. The SMILES string of the molecule is COc1ccc(Cl)cc1S(=O)(=O)Nc1ccc(C(C)(C)C)cc1Cl. The Labute approximate surface area is 152 Å². The van der Waals surface area contributed by atoms with E-state index in [1.165, 1.54) is 19.2 Å². The fourth-order valence-electron chi connectivity index (χ4n) is 2.12. The third-order valence-electron chi connectivity index (χ3n) is 3.49. The number of halogens is 2. The number of methoxy groups -OCH3 is 1. The van der Waals surface area contributed by atoms with E-state index in [9.17, 15) is 8.42 Å². The molecule has 0 saturated heterocycles. The number of rotatable bonds is 4. The maximum atomic E-state index is 12.7. The molecule has 130 valence electrons. The van der Waals surface area contributed by atoms with Crippen LogP contribution < -0.4 is 9.46 Å². The van der Waals surface area contributed by atoms with Gasteiger partial charge in [-0.05, 0) is 41.3 Å². The fourth-order valence-corrected chi connectivity index (χ4v) is 3.92. The molecule has 4 nitrogen and oxygen atoms in total.